The molecule has 1 atom stereocenters. The number of halogens is 3. The van der Waals surface area contributed by atoms with Gasteiger partial charge in [-0.05, 0) is 43.3 Å². The number of para-hydroxylation sites is 1. The smallest absolute Gasteiger partial charge is 0.369 e. The van der Waals surface area contributed by atoms with Gasteiger partial charge in [0, 0.05) is 37.4 Å². The quantitative estimate of drug-likeness (QED) is 0.780. The molecular formula is C21H23F3N4O2. The van der Waals surface area contributed by atoms with Crippen LogP contribution in [0.1, 0.15) is 22.8 Å². The predicted octanol–water partition coefficient (Wildman–Crippen LogP) is 2.95. The van der Waals surface area contributed by atoms with Crippen LogP contribution < -0.4 is 16.0 Å². The molecule has 1 unspecified atom stereocenters. The van der Waals surface area contributed by atoms with Crippen molar-refractivity contribution in [2.45, 2.75) is 19.1 Å². The summed E-state index contributed by atoms with van der Waals surface area (Å²) in [4.78, 5) is 27.8. The molecule has 1 heterocycles. The fraction of sp³-hybridized carbons (Fsp3) is 0.333. The Kier molecular flexibility index (Phi) is 6.31. The zero-order chi connectivity index (χ0) is 21.9. The van der Waals surface area contributed by atoms with Gasteiger partial charge in [-0.25, -0.2) is 0 Å². The Hall–Kier alpha value is -3.07. The number of nitrogens with zero attached hydrogens (tertiary/aromatic N) is 2. The zero-order valence-corrected chi connectivity index (χ0v) is 16.4. The fourth-order valence-corrected chi connectivity index (χ4v) is 3.45. The van der Waals surface area contributed by atoms with E-state index in [4.69, 9.17) is 5.73 Å². The van der Waals surface area contributed by atoms with Crippen molar-refractivity contribution in [1.29, 1.82) is 0 Å². The normalized spacial score (nSPS) is 16.2. The molecule has 0 radical (unpaired) electrons. The minimum atomic E-state index is -4.54. The summed E-state index contributed by atoms with van der Waals surface area (Å²) >= 11 is 0. The van der Waals surface area contributed by atoms with E-state index < -0.39 is 29.6 Å². The maximum atomic E-state index is 13.1. The molecule has 160 valence electrons. The van der Waals surface area contributed by atoms with E-state index in [1.54, 1.807) is 19.1 Å². The van der Waals surface area contributed by atoms with Gasteiger partial charge in [-0.3, -0.25) is 14.5 Å². The van der Waals surface area contributed by atoms with Gasteiger partial charge in [-0.15, -0.1) is 0 Å². The van der Waals surface area contributed by atoms with E-state index in [-0.39, 0.29) is 5.69 Å². The second kappa shape index (κ2) is 8.74. The number of nitrogens with two attached hydrogens (primary N) is 1. The molecule has 0 bridgehead atoms. The van der Waals surface area contributed by atoms with Crippen LogP contribution in [0.5, 0.6) is 0 Å². The highest BCUT2D eigenvalue weighted by molar-refractivity contribution is 5.95. The molecule has 9 heteroatoms. The molecule has 6 nitrogen and oxygen atoms in total. The summed E-state index contributed by atoms with van der Waals surface area (Å²) < 4.78 is 39.4. The van der Waals surface area contributed by atoms with Crippen molar-refractivity contribution >= 4 is 23.2 Å². The van der Waals surface area contributed by atoms with E-state index in [9.17, 15) is 22.8 Å². The summed E-state index contributed by atoms with van der Waals surface area (Å²) in [7, 11) is 0. The Morgan fingerprint density at radius 3 is 2.17 bits per heavy atom. The highest BCUT2D eigenvalue weighted by Gasteiger charge is 2.34. The second-order valence-electron chi connectivity index (χ2n) is 7.14. The fourth-order valence-electron chi connectivity index (χ4n) is 3.45. The molecule has 2 aromatic carbocycles. The lowest BCUT2D eigenvalue weighted by molar-refractivity contribution is -0.137. The van der Waals surface area contributed by atoms with Gasteiger partial charge in [0.05, 0.1) is 17.3 Å². The minimum Gasteiger partial charge on any atom is -0.369 e. The maximum absolute atomic E-state index is 13.1. The minimum absolute atomic E-state index is 0.241. The molecule has 1 aliphatic heterocycles. The van der Waals surface area contributed by atoms with Crippen LogP contribution in [0.4, 0.5) is 24.5 Å². The van der Waals surface area contributed by atoms with E-state index in [1.165, 1.54) is 18.2 Å². The van der Waals surface area contributed by atoms with Crippen molar-refractivity contribution in [1.82, 2.24) is 4.90 Å². The zero-order valence-electron chi connectivity index (χ0n) is 16.4. The molecular weight excluding hydrogens is 397 g/mol. The first-order valence-corrected chi connectivity index (χ1v) is 9.53. The van der Waals surface area contributed by atoms with Gasteiger partial charge in [-0.1, -0.05) is 12.1 Å². The topological polar surface area (TPSA) is 78.7 Å². The Bertz CT molecular complexity index is 907. The third kappa shape index (κ3) is 4.91. The second-order valence-corrected chi connectivity index (χ2v) is 7.14. The first kappa shape index (κ1) is 21.6. The number of primary amides is 1. The molecule has 3 N–H and O–H groups in total. The van der Waals surface area contributed by atoms with Gasteiger partial charge < -0.3 is 16.0 Å². The van der Waals surface area contributed by atoms with Crippen LogP contribution in [0.25, 0.3) is 0 Å². The highest BCUT2D eigenvalue weighted by atomic mass is 19.4. The van der Waals surface area contributed by atoms with Gasteiger partial charge in [0.25, 0.3) is 0 Å². The Labute approximate surface area is 172 Å². The number of piperazine rings is 1. The van der Waals surface area contributed by atoms with E-state index in [0.717, 1.165) is 11.8 Å². The van der Waals surface area contributed by atoms with Crippen LogP contribution in [-0.2, 0) is 11.0 Å². The number of carbonyl (C=O) groups excluding carboxylic acids is 2. The third-order valence-corrected chi connectivity index (χ3v) is 5.25. The van der Waals surface area contributed by atoms with E-state index >= 15 is 0 Å². The van der Waals surface area contributed by atoms with Gasteiger partial charge in [0.2, 0.25) is 11.8 Å². The van der Waals surface area contributed by atoms with Gasteiger partial charge >= 0.3 is 6.18 Å². The highest BCUT2D eigenvalue weighted by Crippen LogP contribution is 2.34. The van der Waals surface area contributed by atoms with Crippen LogP contribution in [0, 0.1) is 0 Å². The number of nitrogens with one attached hydrogen (secondary N) is 1. The summed E-state index contributed by atoms with van der Waals surface area (Å²) in [6, 6.07) is 11.3. The summed E-state index contributed by atoms with van der Waals surface area (Å²) in [5, 5.41) is 2.42. The maximum Gasteiger partial charge on any atom is 0.418 e. The van der Waals surface area contributed by atoms with Gasteiger partial charge in [0.1, 0.15) is 0 Å². The third-order valence-electron chi connectivity index (χ3n) is 5.25. The van der Waals surface area contributed by atoms with Crippen LogP contribution in [0.15, 0.2) is 48.5 Å². The van der Waals surface area contributed by atoms with Crippen LogP contribution in [0.2, 0.25) is 0 Å². The number of amides is 2. The summed E-state index contributed by atoms with van der Waals surface area (Å²) in [6.45, 7) is 4.13. The number of anilines is 2. The SMILES string of the molecule is CC(C(=O)Nc1ccccc1C(F)(F)F)N1CCN(c2ccc(C(N)=O)cc2)CC1. The van der Waals surface area contributed by atoms with Gasteiger partial charge in [0.15, 0.2) is 0 Å². The van der Waals surface area contributed by atoms with E-state index in [0.29, 0.717) is 31.7 Å². The predicted molar refractivity (Wildman–Crippen MR) is 108 cm³/mol. The Morgan fingerprint density at radius 2 is 1.60 bits per heavy atom. The largest absolute Gasteiger partial charge is 0.418 e. The Morgan fingerprint density at radius 1 is 1.00 bits per heavy atom. The first-order valence-electron chi connectivity index (χ1n) is 9.53. The first-order chi connectivity index (χ1) is 14.2. The van der Waals surface area contributed by atoms with Crippen molar-refractivity contribution < 1.29 is 22.8 Å². The summed E-state index contributed by atoms with van der Waals surface area (Å²) in [5.74, 6) is -0.968. The summed E-state index contributed by atoms with van der Waals surface area (Å²) in [6.07, 6.45) is -4.54. The average molecular weight is 420 g/mol. The molecule has 0 aliphatic carbocycles. The number of hydrogen-bond acceptors (Lipinski definition) is 4. The molecule has 1 aliphatic rings. The lowest BCUT2D eigenvalue weighted by Crippen LogP contribution is -2.52. The van der Waals surface area contributed by atoms with Crippen molar-refractivity contribution in [2.75, 3.05) is 36.4 Å². The number of hydrogen-bond donors (Lipinski definition) is 2. The molecule has 0 saturated carbocycles. The average Bonchev–Trinajstić information content (AvgIpc) is 2.73. The lowest BCUT2D eigenvalue weighted by Gasteiger charge is -2.38. The standard InChI is InChI=1S/C21H23F3N4O2/c1-14(20(30)26-18-5-3-2-4-17(18)21(22,23)24)27-10-12-28(13-11-27)16-8-6-15(7-9-16)19(25)29/h2-9,14H,10-13H2,1H3,(H2,25,29)(H,26,30). The van der Waals surface area contributed by atoms with Crippen molar-refractivity contribution in [3.05, 3.63) is 59.7 Å². The van der Waals surface area contributed by atoms with Crippen molar-refractivity contribution in [3.8, 4) is 0 Å². The molecule has 0 spiro atoms. The Balaban J connectivity index is 1.59. The molecule has 1 fully saturated rings. The van der Waals surface area contributed by atoms with Crippen LogP contribution in [0.3, 0.4) is 0 Å². The lowest BCUT2D eigenvalue weighted by atomic mass is 10.1. The number of rotatable bonds is 5. The monoisotopic (exact) mass is 420 g/mol. The molecule has 1 saturated heterocycles. The van der Waals surface area contributed by atoms with Crippen LogP contribution >= 0.6 is 0 Å². The number of alkyl halides is 3. The van der Waals surface area contributed by atoms with E-state index in [2.05, 4.69) is 10.2 Å². The van der Waals surface area contributed by atoms with Crippen LogP contribution in [-0.4, -0.2) is 48.9 Å². The number of benzene rings is 2. The van der Waals surface area contributed by atoms with Crippen molar-refractivity contribution in [3.63, 3.8) is 0 Å². The molecule has 30 heavy (non-hydrogen) atoms. The number of carbonyl (C=O) groups is 2. The molecule has 0 aromatic heterocycles. The van der Waals surface area contributed by atoms with Gasteiger partial charge in [-0.2, -0.15) is 13.2 Å². The molecule has 2 aromatic rings. The van der Waals surface area contributed by atoms with E-state index in [1.807, 2.05) is 17.0 Å². The molecule has 3 rings (SSSR count). The summed E-state index contributed by atoms with van der Waals surface area (Å²) in [5.41, 5.74) is 5.52. The molecule has 2 amide bonds. The van der Waals surface area contributed by atoms with Crippen molar-refractivity contribution in [2.24, 2.45) is 5.73 Å².